The van der Waals surface area contributed by atoms with Gasteiger partial charge >= 0.3 is 0 Å². The van der Waals surface area contributed by atoms with Gasteiger partial charge in [-0.15, -0.1) is 0 Å². The summed E-state index contributed by atoms with van der Waals surface area (Å²) in [5.74, 6) is 0.990. The van der Waals surface area contributed by atoms with E-state index in [2.05, 4.69) is 25.1 Å². The maximum Gasteiger partial charge on any atom is 0.251 e. The first kappa shape index (κ1) is 15.6. The van der Waals surface area contributed by atoms with Crippen LogP contribution < -0.4 is 5.32 Å². The van der Waals surface area contributed by atoms with Crippen LogP contribution in [0.2, 0.25) is 0 Å². The Kier molecular flexibility index (Phi) is 3.87. The molecule has 2 heterocycles. The SMILES string of the molecule is Cc1nccn1CC1(CNC(=O)c2cccc(-c3cn[nH]c3)c2)CC1. The minimum Gasteiger partial charge on any atom is -0.351 e. The van der Waals surface area contributed by atoms with E-state index in [0.717, 1.165) is 36.3 Å². The lowest BCUT2D eigenvalue weighted by Gasteiger charge is -2.18. The summed E-state index contributed by atoms with van der Waals surface area (Å²) < 4.78 is 2.17. The highest BCUT2D eigenvalue weighted by molar-refractivity contribution is 5.95. The van der Waals surface area contributed by atoms with Gasteiger partial charge in [0, 0.05) is 48.2 Å². The summed E-state index contributed by atoms with van der Waals surface area (Å²) in [5.41, 5.74) is 2.80. The Balaban J connectivity index is 1.41. The van der Waals surface area contributed by atoms with Crippen molar-refractivity contribution >= 4 is 5.91 Å². The smallest absolute Gasteiger partial charge is 0.251 e. The summed E-state index contributed by atoms with van der Waals surface area (Å²) in [6, 6.07) is 7.63. The Morgan fingerprint density at radius 3 is 2.92 bits per heavy atom. The van der Waals surface area contributed by atoms with Crippen molar-refractivity contribution in [2.45, 2.75) is 26.3 Å². The monoisotopic (exact) mass is 335 g/mol. The zero-order valence-corrected chi connectivity index (χ0v) is 14.2. The van der Waals surface area contributed by atoms with E-state index in [1.165, 1.54) is 0 Å². The van der Waals surface area contributed by atoms with Crippen molar-refractivity contribution in [1.82, 2.24) is 25.1 Å². The molecule has 0 spiro atoms. The minimum atomic E-state index is -0.0287. The molecule has 6 heteroatoms. The molecule has 128 valence electrons. The van der Waals surface area contributed by atoms with Gasteiger partial charge < -0.3 is 9.88 Å². The van der Waals surface area contributed by atoms with Gasteiger partial charge in [0.05, 0.1) is 6.20 Å². The second kappa shape index (κ2) is 6.20. The number of hydrogen-bond donors (Lipinski definition) is 2. The van der Waals surface area contributed by atoms with Crippen LogP contribution in [0.15, 0.2) is 49.1 Å². The molecule has 0 atom stereocenters. The van der Waals surface area contributed by atoms with Crippen molar-refractivity contribution in [3.63, 3.8) is 0 Å². The number of aryl methyl sites for hydroxylation is 1. The van der Waals surface area contributed by atoms with Crippen molar-refractivity contribution < 1.29 is 4.79 Å². The third-order valence-corrected chi connectivity index (χ3v) is 4.97. The number of carbonyl (C=O) groups is 1. The topological polar surface area (TPSA) is 75.6 Å². The number of rotatable bonds is 6. The molecule has 2 N–H and O–H groups in total. The maximum atomic E-state index is 12.6. The number of aromatic nitrogens is 4. The van der Waals surface area contributed by atoms with Crippen molar-refractivity contribution in [3.8, 4) is 11.1 Å². The van der Waals surface area contributed by atoms with Crippen LogP contribution in [0.4, 0.5) is 0 Å². The summed E-state index contributed by atoms with van der Waals surface area (Å²) in [7, 11) is 0. The van der Waals surface area contributed by atoms with Crippen molar-refractivity contribution in [3.05, 3.63) is 60.4 Å². The zero-order chi connectivity index (χ0) is 17.3. The fourth-order valence-electron chi connectivity index (χ4n) is 3.12. The normalized spacial score (nSPS) is 15.1. The quantitative estimate of drug-likeness (QED) is 0.727. The molecule has 0 radical (unpaired) electrons. The van der Waals surface area contributed by atoms with Crippen LogP contribution >= 0.6 is 0 Å². The molecule has 0 bridgehead atoms. The van der Waals surface area contributed by atoms with Gasteiger partial charge in [-0.1, -0.05) is 12.1 Å². The molecule has 1 fully saturated rings. The number of hydrogen-bond acceptors (Lipinski definition) is 3. The van der Waals surface area contributed by atoms with Gasteiger partial charge in [0.15, 0.2) is 0 Å². The Labute approximate surface area is 146 Å². The first-order valence-corrected chi connectivity index (χ1v) is 8.50. The van der Waals surface area contributed by atoms with E-state index < -0.39 is 0 Å². The van der Waals surface area contributed by atoms with Crippen LogP contribution in [-0.4, -0.2) is 32.2 Å². The third-order valence-electron chi connectivity index (χ3n) is 4.97. The maximum absolute atomic E-state index is 12.6. The average molecular weight is 335 g/mol. The van der Waals surface area contributed by atoms with Gasteiger partial charge in [-0.2, -0.15) is 5.10 Å². The van der Waals surface area contributed by atoms with E-state index in [4.69, 9.17) is 0 Å². The molecule has 6 nitrogen and oxygen atoms in total. The molecule has 2 aromatic heterocycles. The van der Waals surface area contributed by atoms with Crippen LogP contribution in [0, 0.1) is 12.3 Å². The van der Waals surface area contributed by atoms with E-state index in [1.807, 2.05) is 49.8 Å². The Morgan fingerprint density at radius 2 is 2.24 bits per heavy atom. The number of H-pyrrole nitrogens is 1. The molecule has 1 amide bonds. The van der Waals surface area contributed by atoms with Crippen molar-refractivity contribution in [1.29, 1.82) is 0 Å². The van der Waals surface area contributed by atoms with Gasteiger partial charge in [0.2, 0.25) is 0 Å². The largest absolute Gasteiger partial charge is 0.351 e. The number of benzene rings is 1. The van der Waals surface area contributed by atoms with E-state index in [9.17, 15) is 4.79 Å². The number of carbonyl (C=O) groups excluding carboxylic acids is 1. The third kappa shape index (κ3) is 3.33. The highest BCUT2D eigenvalue weighted by atomic mass is 16.1. The van der Waals surface area contributed by atoms with E-state index in [0.29, 0.717) is 12.1 Å². The number of nitrogens with zero attached hydrogens (tertiary/aromatic N) is 3. The summed E-state index contributed by atoms with van der Waals surface area (Å²) in [6.07, 6.45) is 9.68. The number of nitrogens with one attached hydrogen (secondary N) is 2. The van der Waals surface area contributed by atoms with E-state index in [1.54, 1.807) is 6.20 Å². The van der Waals surface area contributed by atoms with Gasteiger partial charge in [0.1, 0.15) is 5.82 Å². The van der Waals surface area contributed by atoms with Crippen LogP contribution in [0.3, 0.4) is 0 Å². The Bertz CT molecular complexity index is 877. The second-order valence-electron chi connectivity index (χ2n) is 6.85. The molecule has 0 aliphatic heterocycles. The molecule has 1 aliphatic rings. The van der Waals surface area contributed by atoms with Gasteiger partial charge in [0.25, 0.3) is 5.91 Å². The lowest BCUT2D eigenvalue weighted by molar-refractivity contribution is 0.0943. The Morgan fingerprint density at radius 1 is 1.36 bits per heavy atom. The van der Waals surface area contributed by atoms with Gasteiger partial charge in [-0.3, -0.25) is 9.89 Å². The molecular weight excluding hydrogens is 314 g/mol. The molecule has 25 heavy (non-hydrogen) atoms. The fraction of sp³-hybridized carbons (Fsp3) is 0.316. The minimum absolute atomic E-state index is 0.0287. The fourth-order valence-corrected chi connectivity index (χ4v) is 3.12. The first-order chi connectivity index (χ1) is 12.2. The predicted octanol–water partition coefficient (Wildman–Crippen LogP) is 2.79. The number of aromatic amines is 1. The highest BCUT2D eigenvalue weighted by Crippen LogP contribution is 2.46. The standard InChI is InChI=1S/C19H21N5O/c1-14-20-7-8-24(14)13-19(5-6-19)12-21-18(25)16-4-2-3-15(9-16)17-10-22-23-11-17/h2-4,7-11H,5-6,12-13H2,1H3,(H,21,25)(H,22,23). The average Bonchev–Trinajstić information content (AvgIpc) is 3.00. The van der Waals surface area contributed by atoms with E-state index in [-0.39, 0.29) is 11.3 Å². The molecular formula is C19H21N5O. The first-order valence-electron chi connectivity index (χ1n) is 8.50. The molecule has 0 saturated heterocycles. The van der Waals surface area contributed by atoms with Gasteiger partial charge in [-0.05, 0) is 37.5 Å². The lowest BCUT2D eigenvalue weighted by atomic mass is 10.0. The van der Waals surface area contributed by atoms with Gasteiger partial charge in [-0.25, -0.2) is 4.98 Å². The summed E-state index contributed by atoms with van der Waals surface area (Å²) in [5, 5.41) is 9.87. The number of imidazole rings is 1. The molecule has 1 aromatic carbocycles. The van der Waals surface area contributed by atoms with Crippen molar-refractivity contribution in [2.24, 2.45) is 5.41 Å². The summed E-state index contributed by atoms with van der Waals surface area (Å²) in [6.45, 7) is 3.61. The van der Waals surface area contributed by atoms with Crippen LogP contribution in [-0.2, 0) is 6.54 Å². The summed E-state index contributed by atoms with van der Waals surface area (Å²) in [4.78, 5) is 16.8. The highest BCUT2D eigenvalue weighted by Gasteiger charge is 2.43. The Hall–Kier alpha value is -2.89. The predicted molar refractivity (Wildman–Crippen MR) is 95.0 cm³/mol. The van der Waals surface area contributed by atoms with Crippen LogP contribution in [0.1, 0.15) is 29.0 Å². The molecule has 3 aromatic rings. The van der Waals surface area contributed by atoms with Crippen molar-refractivity contribution in [2.75, 3.05) is 6.54 Å². The molecule has 1 aliphatic carbocycles. The lowest BCUT2D eigenvalue weighted by Crippen LogP contribution is -2.32. The molecule has 0 unspecified atom stereocenters. The molecule has 1 saturated carbocycles. The second-order valence-corrected chi connectivity index (χ2v) is 6.85. The van der Waals surface area contributed by atoms with Crippen LogP contribution in [0.5, 0.6) is 0 Å². The number of amides is 1. The van der Waals surface area contributed by atoms with Crippen LogP contribution in [0.25, 0.3) is 11.1 Å². The molecule has 4 rings (SSSR count). The summed E-state index contributed by atoms with van der Waals surface area (Å²) >= 11 is 0. The zero-order valence-electron chi connectivity index (χ0n) is 14.2. The van der Waals surface area contributed by atoms with E-state index >= 15 is 0 Å².